The molecular weight excluding hydrogens is 318 g/mol. The van der Waals surface area contributed by atoms with Crippen LogP contribution in [-0.4, -0.2) is 97.1 Å². The number of piperazine rings is 1. The van der Waals surface area contributed by atoms with Crippen molar-refractivity contribution in [2.45, 2.75) is 32.9 Å². The number of nitrogens with zero attached hydrogens (tertiary/aromatic N) is 4. The fourth-order valence-electron chi connectivity index (χ4n) is 3.32. The van der Waals surface area contributed by atoms with Crippen molar-refractivity contribution in [1.82, 2.24) is 20.0 Å². The molecule has 6 heteroatoms. The lowest BCUT2D eigenvalue weighted by molar-refractivity contribution is 0.140. The van der Waals surface area contributed by atoms with Gasteiger partial charge in [-0.15, -0.1) is 0 Å². The van der Waals surface area contributed by atoms with Gasteiger partial charge in [-0.25, -0.2) is 0 Å². The van der Waals surface area contributed by atoms with Crippen molar-refractivity contribution < 1.29 is 0 Å². The van der Waals surface area contributed by atoms with Gasteiger partial charge in [0.15, 0.2) is 5.96 Å². The van der Waals surface area contributed by atoms with Crippen LogP contribution in [0.15, 0.2) is 4.99 Å². The molecule has 0 aliphatic carbocycles. The van der Waals surface area contributed by atoms with Gasteiger partial charge in [0.05, 0.1) is 6.54 Å². The van der Waals surface area contributed by atoms with Gasteiger partial charge in [-0.05, 0) is 19.4 Å². The van der Waals surface area contributed by atoms with Crippen LogP contribution < -0.4 is 5.32 Å². The lowest BCUT2D eigenvalue weighted by Gasteiger charge is -2.36. The summed E-state index contributed by atoms with van der Waals surface area (Å²) in [7, 11) is 0. The van der Waals surface area contributed by atoms with E-state index in [1.165, 1.54) is 38.5 Å². The minimum absolute atomic E-state index is 0.727. The molecule has 0 amide bonds. The first-order chi connectivity index (χ1) is 11.6. The normalized spacial score (nSPS) is 24.6. The number of aliphatic imine (C=N–C) groups is 1. The third-order valence-corrected chi connectivity index (χ3v) is 6.60. The zero-order valence-corrected chi connectivity index (χ0v) is 16.9. The van der Waals surface area contributed by atoms with Crippen LogP contribution in [0.4, 0.5) is 0 Å². The molecule has 0 saturated carbocycles. The van der Waals surface area contributed by atoms with E-state index in [0.717, 1.165) is 49.9 Å². The van der Waals surface area contributed by atoms with E-state index < -0.39 is 0 Å². The molecule has 0 aromatic rings. The molecule has 0 spiro atoms. The predicted molar refractivity (Wildman–Crippen MR) is 107 cm³/mol. The van der Waals surface area contributed by atoms with Crippen LogP contribution in [0, 0.1) is 5.92 Å². The zero-order chi connectivity index (χ0) is 17.4. The second kappa shape index (κ2) is 10.5. The Balaban J connectivity index is 1.82. The highest BCUT2D eigenvalue weighted by Crippen LogP contribution is 2.24. The fraction of sp³-hybridized carbons (Fsp3) is 0.944. The van der Waals surface area contributed by atoms with E-state index in [-0.39, 0.29) is 0 Å². The fourth-order valence-corrected chi connectivity index (χ4v) is 4.62. The Labute approximate surface area is 153 Å². The molecule has 2 saturated heterocycles. The molecule has 2 heterocycles. The molecule has 0 radical (unpaired) electrons. The Hall–Kier alpha value is -0.460. The standard InChI is InChI=1S/C18H37N5S/c1-5-19-18(23-13-14-24-17(15-23)16(3)4)20-7-8-22-11-9-21(6-2)10-12-22/h16-17H,5-15H2,1-4H3,(H,19,20). The van der Waals surface area contributed by atoms with E-state index in [4.69, 9.17) is 4.99 Å². The number of hydrogen-bond acceptors (Lipinski definition) is 4. The number of thioether (sulfide) groups is 1. The summed E-state index contributed by atoms with van der Waals surface area (Å²) in [5.41, 5.74) is 0. The molecule has 2 aliphatic heterocycles. The van der Waals surface area contributed by atoms with E-state index in [1.807, 2.05) is 0 Å². The van der Waals surface area contributed by atoms with Gasteiger partial charge < -0.3 is 15.1 Å². The molecule has 140 valence electrons. The average molecular weight is 356 g/mol. The third kappa shape index (κ3) is 6.12. The Kier molecular flexibility index (Phi) is 8.70. The SMILES string of the molecule is CCNC(=NCCN1CCN(CC)CC1)N1CCSC(C(C)C)C1. The minimum atomic E-state index is 0.727. The summed E-state index contributed by atoms with van der Waals surface area (Å²) >= 11 is 2.12. The van der Waals surface area contributed by atoms with Gasteiger partial charge in [-0.3, -0.25) is 9.89 Å². The Bertz CT molecular complexity index is 380. The lowest BCUT2D eigenvalue weighted by atomic mass is 10.1. The molecule has 1 unspecified atom stereocenters. The Morgan fingerprint density at radius 1 is 1.12 bits per heavy atom. The number of hydrogen-bond donors (Lipinski definition) is 1. The molecule has 0 aromatic heterocycles. The van der Waals surface area contributed by atoms with Crippen molar-refractivity contribution in [2.24, 2.45) is 10.9 Å². The van der Waals surface area contributed by atoms with E-state index in [9.17, 15) is 0 Å². The average Bonchev–Trinajstić information content (AvgIpc) is 2.61. The number of rotatable bonds is 6. The van der Waals surface area contributed by atoms with Gasteiger partial charge in [-0.1, -0.05) is 20.8 Å². The first-order valence-electron chi connectivity index (χ1n) is 9.73. The second-order valence-corrected chi connectivity index (χ2v) is 8.46. The van der Waals surface area contributed by atoms with Crippen molar-refractivity contribution in [3.63, 3.8) is 0 Å². The topological polar surface area (TPSA) is 34.1 Å². The minimum Gasteiger partial charge on any atom is -0.357 e. The second-order valence-electron chi connectivity index (χ2n) is 7.11. The van der Waals surface area contributed by atoms with Crippen LogP contribution in [0.5, 0.6) is 0 Å². The van der Waals surface area contributed by atoms with Gasteiger partial charge in [0.25, 0.3) is 0 Å². The summed E-state index contributed by atoms with van der Waals surface area (Å²) in [6.07, 6.45) is 0. The van der Waals surface area contributed by atoms with Crippen molar-refractivity contribution in [3.8, 4) is 0 Å². The molecule has 2 fully saturated rings. The van der Waals surface area contributed by atoms with Crippen molar-refractivity contribution in [1.29, 1.82) is 0 Å². The molecule has 2 aliphatic rings. The van der Waals surface area contributed by atoms with E-state index in [2.05, 4.69) is 59.5 Å². The van der Waals surface area contributed by atoms with Crippen molar-refractivity contribution in [3.05, 3.63) is 0 Å². The Morgan fingerprint density at radius 2 is 1.83 bits per heavy atom. The monoisotopic (exact) mass is 355 g/mol. The molecule has 1 N–H and O–H groups in total. The first-order valence-corrected chi connectivity index (χ1v) is 10.8. The summed E-state index contributed by atoms with van der Waals surface area (Å²) in [5.74, 6) is 3.07. The number of nitrogens with one attached hydrogen (secondary N) is 1. The van der Waals surface area contributed by atoms with Gasteiger partial charge >= 0.3 is 0 Å². The first kappa shape index (κ1) is 19.9. The summed E-state index contributed by atoms with van der Waals surface area (Å²) in [6.45, 7) is 20.3. The molecule has 0 bridgehead atoms. The van der Waals surface area contributed by atoms with E-state index >= 15 is 0 Å². The summed E-state index contributed by atoms with van der Waals surface area (Å²) in [4.78, 5) is 12.5. The largest absolute Gasteiger partial charge is 0.357 e. The summed E-state index contributed by atoms with van der Waals surface area (Å²) < 4.78 is 0. The van der Waals surface area contributed by atoms with E-state index in [1.54, 1.807) is 0 Å². The van der Waals surface area contributed by atoms with Crippen LogP contribution in [0.3, 0.4) is 0 Å². The molecule has 1 atom stereocenters. The maximum absolute atomic E-state index is 4.93. The van der Waals surface area contributed by atoms with Gasteiger partial charge in [0, 0.05) is 63.4 Å². The van der Waals surface area contributed by atoms with Crippen LogP contribution >= 0.6 is 11.8 Å². The molecule has 2 rings (SSSR count). The number of likely N-dealkylation sites (N-methyl/N-ethyl adjacent to an activating group) is 1. The van der Waals surface area contributed by atoms with E-state index in [0.29, 0.717) is 0 Å². The highest BCUT2D eigenvalue weighted by molar-refractivity contribution is 8.00. The Morgan fingerprint density at radius 3 is 2.46 bits per heavy atom. The van der Waals surface area contributed by atoms with Crippen LogP contribution in [-0.2, 0) is 0 Å². The molecule has 0 aromatic carbocycles. The highest BCUT2D eigenvalue weighted by Gasteiger charge is 2.24. The maximum Gasteiger partial charge on any atom is 0.194 e. The summed E-state index contributed by atoms with van der Waals surface area (Å²) in [5, 5.41) is 4.23. The van der Waals surface area contributed by atoms with Gasteiger partial charge in [0.2, 0.25) is 0 Å². The van der Waals surface area contributed by atoms with Gasteiger partial charge in [0.1, 0.15) is 0 Å². The predicted octanol–water partition coefficient (Wildman–Crippen LogP) is 1.66. The zero-order valence-electron chi connectivity index (χ0n) is 16.1. The molecule has 24 heavy (non-hydrogen) atoms. The quantitative estimate of drug-likeness (QED) is 0.579. The van der Waals surface area contributed by atoms with Crippen molar-refractivity contribution >= 4 is 17.7 Å². The summed E-state index contributed by atoms with van der Waals surface area (Å²) in [6, 6.07) is 0. The molecule has 5 nitrogen and oxygen atoms in total. The lowest BCUT2D eigenvalue weighted by Crippen LogP contribution is -2.49. The van der Waals surface area contributed by atoms with Crippen LogP contribution in [0.2, 0.25) is 0 Å². The number of guanidine groups is 1. The maximum atomic E-state index is 4.93. The molecular formula is C18H37N5S. The van der Waals surface area contributed by atoms with Crippen LogP contribution in [0.25, 0.3) is 0 Å². The van der Waals surface area contributed by atoms with Gasteiger partial charge in [-0.2, -0.15) is 11.8 Å². The third-order valence-electron chi connectivity index (χ3n) is 5.06. The highest BCUT2D eigenvalue weighted by atomic mass is 32.2. The van der Waals surface area contributed by atoms with Crippen molar-refractivity contribution in [2.75, 3.05) is 71.2 Å². The van der Waals surface area contributed by atoms with Crippen LogP contribution in [0.1, 0.15) is 27.7 Å². The smallest absolute Gasteiger partial charge is 0.194 e.